The number of esters is 1. The zero-order chi connectivity index (χ0) is 12.0. The lowest BCUT2D eigenvalue weighted by atomic mass is 10.3. The van der Waals surface area contributed by atoms with Crippen LogP contribution in [0.3, 0.4) is 0 Å². The van der Waals surface area contributed by atoms with Crippen LogP contribution in [0.15, 0.2) is 24.3 Å². The number of nitrogens with zero attached hydrogens (tertiary/aromatic N) is 1. The molecule has 0 spiro atoms. The molecular weight excluding hydrogens is 230 g/mol. The Morgan fingerprint density at radius 1 is 1.44 bits per heavy atom. The summed E-state index contributed by atoms with van der Waals surface area (Å²) in [6.07, 6.45) is 0.583. The predicted octanol–water partition coefficient (Wildman–Crippen LogP) is 1.87. The molecule has 86 valence electrons. The molecule has 4 nitrogen and oxygen atoms in total. The first-order chi connectivity index (χ1) is 7.67. The van der Waals surface area contributed by atoms with Crippen molar-refractivity contribution in [2.45, 2.75) is 6.92 Å². The maximum atomic E-state index is 11.2. The molecule has 0 atom stereocenters. The summed E-state index contributed by atoms with van der Waals surface area (Å²) in [7, 11) is 0. The molecule has 0 heterocycles. The number of halogens is 1. The van der Waals surface area contributed by atoms with Crippen LogP contribution in [0.2, 0.25) is 5.02 Å². The van der Waals surface area contributed by atoms with Crippen LogP contribution in [0.5, 0.6) is 0 Å². The SMILES string of the molecule is CCOC(=O)CN(C=O)c1ccc(Cl)cc1. The summed E-state index contributed by atoms with van der Waals surface area (Å²) in [4.78, 5) is 23.3. The minimum atomic E-state index is -0.440. The molecule has 0 unspecified atom stereocenters. The number of hydrogen-bond donors (Lipinski definition) is 0. The van der Waals surface area contributed by atoms with Crippen LogP contribution in [0.1, 0.15) is 6.92 Å². The minimum Gasteiger partial charge on any atom is -0.465 e. The third-order valence-electron chi connectivity index (χ3n) is 1.89. The molecule has 0 aliphatic rings. The Morgan fingerprint density at radius 3 is 2.56 bits per heavy atom. The zero-order valence-corrected chi connectivity index (χ0v) is 9.61. The van der Waals surface area contributed by atoms with Crippen molar-refractivity contribution in [1.82, 2.24) is 0 Å². The van der Waals surface area contributed by atoms with Gasteiger partial charge in [0.2, 0.25) is 6.41 Å². The number of amides is 1. The molecule has 0 radical (unpaired) electrons. The van der Waals surface area contributed by atoms with Gasteiger partial charge in [0.05, 0.1) is 6.61 Å². The van der Waals surface area contributed by atoms with Gasteiger partial charge >= 0.3 is 5.97 Å². The molecule has 0 aliphatic heterocycles. The number of carbonyl (C=O) groups is 2. The molecule has 0 N–H and O–H groups in total. The zero-order valence-electron chi connectivity index (χ0n) is 8.85. The van der Waals surface area contributed by atoms with Crippen LogP contribution in [-0.4, -0.2) is 25.5 Å². The van der Waals surface area contributed by atoms with E-state index < -0.39 is 5.97 Å². The second-order valence-electron chi connectivity index (χ2n) is 3.01. The summed E-state index contributed by atoms with van der Waals surface area (Å²) < 4.78 is 4.75. The van der Waals surface area contributed by atoms with Crippen LogP contribution >= 0.6 is 11.6 Å². The highest BCUT2D eigenvalue weighted by atomic mass is 35.5. The molecule has 0 saturated heterocycles. The average Bonchev–Trinajstić information content (AvgIpc) is 2.27. The monoisotopic (exact) mass is 241 g/mol. The number of benzene rings is 1. The van der Waals surface area contributed by atoms with Crippen molar-refractivity contribution >= 4 is 29.7 Å². The predicted molar refractivity (Wildman–Crippen MR) is 61.5 cm³/mol. The Hall–Kier alpha value is -1.55. The first-order valence-electron chi connectivity index (χ1n) is 4.80. The largest absolute Gasteiger partial charge is 0.465 e. The van der Waals surface area contributed by atoms with Crippen molar-refractivity contribution in [2.24, 2.45) is 0 Å². The first-order valence-corrected chi connectivity index (χ1v) is 5.18. The van der Waals surface area contributed by atoms with Gasteiger partial charge in [0, 0.05) is 10.7 Å². The van der Waals surface area contributed by atoms with Crippen molar-refractivity contribution in [3.8, 4) is 0 Å². The Bertz CT molecular complexity index is 364. The van der Waals surface area contributed by atoms with Gasteiger partial charge in [-0.1, -0.05) is 11.6 Å². The van der Waals surface area contributed by atoms with Gasteiger partial charge in [-0.25, -0.2) is 0 Å². The van der Waals surface area contributed by atoms with E-state index in [-0.39, 0.29) is 6.54 Å². The number of carbonyl (C=O) groups excluding carboxylic acids is 2. The highest BCUT2D eigenvalue weighted by Gasteiger charge is 2.11. The van der Waals surface area contributed by atoms with Crippen molar-refractivity contribution in [3.63, 3.8) is 0 Å². The molecule has 0 aromatic heterocycles. The molecule has 1 aromatic carbocycles. The summed E-state index contributed by atoms with van der Waals surface area (Å²) in [6, 6.07) is 6.63. The maximum Gasteiger partial charge on any atom is 0.326 e. The normalized spacial score (nSPS) is 9.62. The Kier molecular flexibility index (Phi) is 4.79. The molecule has 0 fully saturated rings. The third-order valence-corrected chi connectivity index (χ3v) is 2.14. The molecule has 1 amide bonds. The van der Waals surface area contributed by atoms with Gasteiger partial charge in [0.25, 0.3) is 0 Å². The van der Waals surface area contributed by atoms with Gasteiger partial charge < -0.3 is 9.64 Å². The molecule has 1 rings (SSSR count). The van der Waals surface area contributed by atoms with E-state index in [1.165, 1.54) is 4.90 Å². The maximum absolute atomic E-state index is 11.2. The summed E-state index contributed by atoms with van der Waals surface area (Å²) in [6.45, 7) is 1.91. The van der Waals surface area contributed by atoms with Gasteiger partial charge in [-0.05, 0) is 31.2 Å². The third kappa shape index (κ3) is 3.55. The van der Waals surface area contributed by atoms with E-state index >= 15 is 0 Å². The highest BCUT2D eigenvalue weighted by Crippen LogP contribution is 2.16. The van der Waals surface area contributed by atoms with E-state index in [2.05, 4.69) is 0 Å². The lowest BCUT2D eigenvalue weighted by Crippen LogP contribution is -2.29. The lowest BCUT2D eigenvalue weighted by Gasteiger charge is -2.16. The quantitative estimate of drug-likeness (QED) is 0.584. The molecular formula is C11H12ClNO3. The van der Waals surface area contributed by atoms with Crippen molar-refractivity contribution < 1.29 is 14.3 Å². The van der Waals surface area contributed by atoms with Crippen molar-refractivity contribution in [2.75, 3.05) is 18.1 Å². The molecule has 16 heavy (non-hydrogen) atoms. The van der Waals surface area contributed by atoms with E-state index in [1.807, 2.05) is 0 Å². The highest BCUT2D eigenvalue weighted by molar-refractivity contribution is 6.30. The molecule has 1 aromatic rings. The van der Waals surface area contributed by atoms with Crippen molar-refractivity contribution in [3.05, 3.63) is 29.3 Å². The van der Waals surface area contributed by atoms with Crippen LogP contribution < -0.4 is 4.90 Å². The van der Waals surface area contributed by atoms with Crippen LogP contribution in [0, 0.1) is 0 Å². The second-order valence-corrected chi connectivity index (χ2v) is 3.45. The van der Waals surface area contributed by atoms with Gasteiger partial charge in [-0.15, -0.1) is 0 Å². The molecule has 0 aliphatic carbocycles. The Morgan fingerprint density at radius 2 is 2.06 bits per heavy atom. The van der Waals surface area contributed by atoms with E-state index in [1.54, 1.807) is 31.2 Å². The Balaban J connectivity index is 2.71. The summed E-state index contributed by atoms with van der Waals surface area (Å²) >= 11 is 5.72. The van der Waals surface area contributed by atoms with E-state index in [0.717, 1.165) is 0 Å². The van der Waals surface area contributed by atoms with Gasteiger partial charge in [-0.2, -0.15) is 0 Å². The standard InChI is InChI=1S/C11H12ClNO3/c1-2-16-11(15)7-13(8-14)10-5-3-9(12)4-6-10/h3-6,8H,2,7H2,1H3. The number of hydrogen-bond acceptors (Lipinski definition) is 3. The van der Waals surface area contributed by atoms with E-state index in [4.69, 9.17) is 16.3 Å². The van der Waals surface area contributed by atoms with Gasteiger partial charge in [0.15, 0.2) is 0 Å². The molecule has 5 heteroatoms. The molecule has 0 bridgehead atoms. The fourth-order valence-electron chi connectivity index (χ4n) is 1.17. The fraction of sp³-hybridized carbons (Fsp3) is 0.273. The van der Waals surface area contributed by atoms with Gasteiger partial charge in [-0.3, -0.25) is 9.59 Å². The van der Waals surface area contributed by atoms with Crippen molar-refractivity contribution in [1.29, 1.82) is 0 Å². The second kappa shape index (κ2) is 6.12. The summed E-state index contributed by atoms with van der Waals surface area (Å²) in [5.74, 6) is -0.440. The lowest BCUT2D eigenvalue weighted by molar-refractivity contribution is -0.141. The van der Waals surface area contributed by atoms with Crippen LogP contribution in [-0.2, 0) is 14.3 Å². The van der Waals surface area contributed by atoms with Gasteiger partial charge in [0.1, 0.15) is 6.54 Å². The first kappa shape index (κ1) is 12.5. The summed E-state index contributed by atoms with van der Waals surface area (Å²) in [5, 5.41) is 0.575. The fourth-order valence-corrected chi connectivity index (χ4v) is 1.29. The summed E-state index contributed by atoms with van der Waals surface area (Å²) in [5.41, 5.74) is 0.604. The minimum absolute atomic E-state index is 0.0982. The van der Waals surface area contributed by atoms with Crippen LogP contribution in [0.4, 0.5) is 5.69 Å². The van der Waals surface area contributed by atoms with E-state index in [0.29, 0.717) is 23.7 Å². The smallest absolute Gasteiger partial charge is 0.326 e. The topological polar surface area (TPSA) is 46.6 Å². The average molecular weight is 242 g/mol. The van der Waals surface area contributed by atoms with Crippen LogP contribution in [0.25, 0.3) is 0 Å². The Labute approximate surface area is 98.8 Å². The number of rotatable bonds is 5. The van der Waals surface area contributed by atoms with E-state index in [9.17, 15) is 9.59 Å². The molecule has 0 saturated carbocycles. The number of ether oxygens (including phenoxy) is 1. The number of anilines is 1.